The number of halogens is 1. The quantitative estimate of drug-likeness (QED) is 0.574. The summed E-state index contributed by atoms with van der Waals surface area (Å²) >= 11 is 3.44. The maximum atomic E-state index is 11.7. The van der Waals surface area contributed by atoms with E-state index in [1.807, 2.05) is 6.92 Å². The molecule has 1 aromatic rings. The minimum atomic E-state index is -1.82. The van der Waals surface area contributed by atoms with Crippen molar-refractivity contribution in [1.82, 2.24) is 4.90 Å². The number of carbonyl (C=O) groups excluding carboxylic acids is 1. The molecule has 8 heteroatoms. The molecule has 0 spiro atoms. The van der Waals surface area contributed by atoms with Gasteiger partial charge in [-0.1, -0.05) is 28.1 Å². The van der Waals surface area contributed by atoms with Gasteiger partial charge >= 0.3 is 17.9 Å². The number of nitrogens with zero attached hydrogens (tertiary/aromatic N) is 1. The molecule has 7 nitrogen and oxygen atoms in total. The van der Waals surface area contributed by atoms with Crippen LogP contribution in [0.3, 0.4) is 0 Å². The number of hydrogen-bond donors (Lipinski definition) is 2. The fraction of sp³-hybridized carbons (Fsp3) is 0.471. The van der Waals surface area contributed by atoms with Crippen LogP contribution in [0.25, 0.3) is 0 Å². The third-order valence-electron chi connectivity index (χ3n) is 3.71. The predicted molar refractivity (Wildman–Crippen MR) is 94.0 cm³/mol. The van der Waals surface area contributed by atoms with Crippen LogP contribution in [0.5, 0.6) is 0 Å². The molecule has 0 radical (unpaired) electrons. The SMILES string of the molecule is CCOC(=O)C1CCN(Cc2ccc(Br)cc2)CC1.O=C(O)C(=O)O. The number of ether oxygens (including phenoxy) is 1. The smallest absolute Gasteiger partial charge is 0.414 e. The zero-order valence-electron chi connectivity index (χ0n) is 14.0. The molecule has 1 heterocycles. The topological polar surface area (TPSA) is 104 Å². The molecule has 1 aromatic carbocycles. The molecule has 1 fully saturated rings. The summed E-state index contributed by atoms with van der Waals surface area (Å²) in [5, 5.41) is 14.8. The first-order valence-corrected chi connectivity index (χ1v) is 8.72. The summed E-state index contributed by atoms with van der Waals surface area (Å²) in [6, 6.07) is 8.42. The van der Waals surface area contributed by atoms with Crippen molar-refractivity contribution in [1.29, 1.82) is 0 Å². The number of carbonyl (C=O) groups is 3. The minimum Gasteiger partial charge on any atom is -0.473 e. The molecule has 1 aliphatic rings. The third kappa shape index (κ3) is 8.13. The Labute approximate surface area is 154 Å². The van der Waals surface area contributed by atoms with Gasteiger partial charge in [-0.25, -0.2) is 9.59 Å². The Hall–Kier alpha value is -1.93. The molecule has 25 heavy (non-hydrogen) atoms. The largest absolute Gasteiger partial charge is 0.473 e. The molecule has 0 atom stereocenters. The lowest BCUT2D eigenvalue weighted by Crippen LogP contribution is -2.36. The lowest BCUT2D eigenvalue weighted by atomic mass is 9.96. The van der Waals surface area contributed by atoms with Crippen molar-refractivity contribution in [2.24, 2.45) is 5.92 Å². The van der Waals surface area contributed by atoms with Gasteiger partial charge in [-0.3, -0.25) is 9.69 Å². The highest BCUT2D eigenvalue weighted by Gasteiger charge is 2.25. The van der Waals surface area contributed by atoms with E-state index in [0.29, 0.717) is 6.61 Å². The number of carboxylic acids is 2. The van der Waals surface area contributed by atoms with E-state index in [2.05, 4.69) is 45.1 Å². The molecule has 0 unspecified atom stereocenters. The Balaban J connectivity index is 0.000000450. The Morgan fingerprint density at radius 2 is 1.64 bits per heavy atom. The molecular weight excluding hydrogens is 394 g/mol. The molecule has 138 valence electrons. The van der Waals surface area contributed by atoms with E-state index in [1.165, 1.54) is 5.56 Å². The van der Waals surface area contributed by atoms with Crippen molar-refractivity contribution in [3.8, 4) is 0 Å². The molecule has 1 aliphatic heterocycles. The summed E-state index contributed by atoms with van der Waals surface area (Å²) in [7, 11) is 0. The number of carboxylic acid groups (broad SMARTS) is 2. The van der Waals surface area contributed by atoms with E-state index in [4.69, 9.17) is 24.5 Å². The van der Waals surface area contributed by atoms with Crippen LogP contribution in [0.2, 0.25) is 0 Å². The Morgan fingerprint density at radius 3 is 2.08 bits per heavy atom. The van der Waals surface area contributed by atoms with Crippen molar-refractivity contribution >= 4 is 33.8 Å². The molecule has 0 aliphatic carbocycles. The Bertz CT molecular complexity index is 569. The molecule has 2 N–H and O–H groups in total. The van der Waals surface area contributed by atoms with Crippen LogP contribution < -0.4 is 0 Å². The summed E-state index contributed by atoms with van der Waals surface area (Å²) in [6.07, 6.45) is 1.82. The van der Waals surface area contributed by atoms with Crippen LogP contribution in [0.1, 0.15) is 25.3 Å². The molecule has 0 amide bonds. The highest BCUT2D eigenvalue weighted by Crippen LogP contribution is 2.21. The van der Waals surface area contributed by atoms with Gasteiger partial charge in [0, 0.05) is 11.0 Å². The van der Waals surface area contributed by atoms with Crippen molar-refractivity contribution in [3.05, 3.63) is 34.3 Å². The number of likely N-dealkylation sites (tertiary alicyclic amines) is 1. The minimum absolute atomic E-state index is 0.0224. The normalized spacial score (nSPS) is 15.0. The Kier molecular flexibility index (Phi) is 9.15. The van der Waals surface area contributed by atoms with E-state index in [1.54, 1.807) is 0 Å². The van der Waals surface area contributed by atoms with Gasteiger partial charge in [-0.05, 0) is 50.6 Å². The molecule has 0 bridgehead atoms. The van der Waals surface area contributed by atoms with E-state index < -0.39 is 11.9 Å². The van der Waals surface area contributed by atoms with E-state index in [9.17, 15) is 4.79 Å². The van der Waals surface area contributed by atoms with Crippen molar-refractivity contribution < 1.29 is 29.3 Å². The monoisotopic (exact) mass is 415 g/mol. The fourth-order valence-electron chi connectivity index (χ4n) is 2.43. The standard InChI is InChI=1S/C15H20BrNO2.C2H2O4/c1-2-19-15(18)13-7-9-17(10-8-13)11-12-3-5-14(16)6-4-12;3-1(4)2(5)6/h3-6,13H,2,7-11H2,1H3;(H,3,4)(H,5,6). The van der Waals surface area contributed by atoms with Gasteiger partial charge in [-0.15, -0.1) is 0 Å². The second-order valence-corrected chi connectivity index (χ2v) is 6.45. The highest BCUT2D eigenvalue weighted by atomic mass is 79.9. The van der Waals surface area contributed by atoms with Gasteiger partial charge in [0.05, 0.1) is 12.5 Å². The van der Waals surface area contributed by atoms with E-state index in [-0.39, 0.29) is 11.9 Å². The van der Waals surface area contributed by atoms with Crippen molar-refractivity contribution in [2.45, 2.75) is 26.3 Å². The second-order valence-electron chi connectivity index (χ2n) is 5.54. The summed E-state index contributed by atoms with van der Waals surface area (Å²) in [4.78, 5) is 32.3. The zero-order valence-corrected chi connectivity index (χ0v) is 15.6. The maximum absolute atomic E-state index is 11.7. The summed E-state index contributed by atoms with van der Waals surface area (Å²) in [6.45, 7) is 5.25. The average Bonchev–Trinajstić information content (AvgIpc) is 2.58. The van der Waals surface area contributed by atoms with Gasteiger partial charge in [0.1, 0.15) is 0 Å². The predicted octanol–water partition coefficient (Wildman–Crippen LogP) is 2.38. The first kappa shape index (κ1) is 21.1. The number of aliphatic carboxylic acids is 2. The summed E-state index contributed by atoms with van der Waals surface area (Å²) < 4.78 is 6.19. The number of rotatable bonds is 4. The van der Waals surface area contributed by atoms with Gasteiger partial charge < -0.3 is 14.9 Å². The molecule has 0 aromatic heterocycles. The lowest BCUT2D eigenvalue weighted by Gasteiger charge is -2.30. The average molecular weight is 416 g/mol. The Morgan fingerprint density at radius 1 is 1.12 bits per heavy atom. The van der Waals surface area contributed by atoms with E-state index in [0.717, 1.165) is 36.9 Å². The zero-order chi connectivity index (χ0) is 18.8. The summed E-state index contributed by atoms with van der Waals surface area (Å²) in [5.74, 6) is -3.57. The highest BCUT2D eigenvalue weighted by molar-refractivity contribution is 9.10. The van der Waals surface area contributed by atoms with Crippen LogP contribution in [-0.2, 0) is 25.7 Å². The number of piperidine rings is 1. The van der Waals surface area contributed by atoms with Gasteiger partial charge in [0.2, 0.25) is 0 Å². The molecule has 0 saturated carbocycles. The van der Waals surface area contributed by atoms with Gasteiger partial charge in [-0.2, -0.15) is 0 Å². The van der Waals surface area contributed by atoms with Crippen LogP contribution in [0.15, 0.2) is 28.7 Å². The molecule has 1 saturated heterocycles. The van der Waals surface area contributed by atoms with Crippen molar-refractivity contribution in [2.75, 3.05) is 19.7 Å². The second kappa shape index (κ2) is 10.8. The fourth-order valence-corrected chi connectivity index (χ4v) is 2.70. The molecule has 2 rings (SSSR count). The molecular formula is C17H22BrNO6. The number of hydrogen-bond acceptors (Lipinski definition) is 5. The number of esters is 1. The third-order valence-corrected chi connectivity index (χ3v) is 4.24. The number of benzene rings is 1. The summed E-state index contributed by atoms with van der Waals surface area (Å²) in [5.41, 5.74) is 1.32. The maximum Gasteiger partial charge on any atom is 0.414 e. The van der Waals surface area contributed by atoms with E-state index >= 15 is 0 Å². The van der Waals surface area contributed by atoms with Gasteiger partial charge in [0.15, 0.2) is 0 Å². The van der Waals surface area contributed by atoms with Crippen LogP contribution in [0.4, 0.5) is 0 Å². The van der Waals surface area contributed by atoms with Crippen molar-refractivity contribution in [3.63, 3.8) is 0 Å². The first-order valence-electron chi connectivity index (χ1n) is 7.93. The van der Waals surface area contributed by atoms with Crippen LogP contribution in [-0.4, -0.2) is 52.7 Å². The lowest BCUT2D eigenvalue weighted by molar-refractivity contribution is -0.159. The first-order chi connectivity index (χ1) is 11.8. The van der Waals surface area contributed by atoms with Gasteiger partial charge in [0.25, 0.3) is 0 Å². The van der Waals surface area contributed by atoms with Crippen LogP contribution >= 0.6 is 15.9 Å². The van der Waals surface area contributed by atoms with Crippen LogP contribution in [0, 0.1) is 5.92 Å².